The van der Waals surface area contributed by atoms with Crippen LogP contribution < -0.4 is 0 Å². The summed E-state index contributed by atoms with van der Waals surface area (Å²) in [7, 11) is 0. The van der Waals surface area contributed by atoms with E-state index in [4.69, 9.17) is 0 Å². The fraction of sp³-hybridized carbons (Fsp3) is 0.455. The second-order valence-electron chi connectivity index (χ2n) is 3.97. The number of rotatable bonds is 3. The SMILES string of the molecule is OC1(CCc2ccc(F)c(Br)c2)CC1. The lowest BCUT2D eigenvalue weighted by Gasteiger charge is -2.07. The minimum atomic E-state index is -0.416. The Balaban J connectivity index is 1.99. The third kappa shape index (κ3) is 2.34. The zero-order chi connectivity index (χ0) is 10.2. The first-order chi connectivity index (χ1) is 6.59. The van der Waals surface area contributed by atoms with E-state index < -0.39 is 5.60 Å². The molecular weight excluding hydrogens is 247 g/mol. The molecule has 76 valence electrons. The predicted octanol–water partition coefficient (Wildman–Crippen LogP) is 3.05. The Morgan fingerprint density at radius 3 is 2.71 bits per heavy atom. The van der Waals surface area contributed by atoms with Crippen molar-refractivity contribution in [2.45, 2.75) is 31.3 Å². The van der Waals surface area contributed by atoms with Crippen molar-refractivity contribution in [1.29, 1.82) is 0 Å². The third-order valence-corrected chi connectivity index (χ3v) is 3.30. The number of hydrogen-bond donors (Lipinski definition) is 1. The zero-order valence-electron chi connectivity index (χ0n) is 7.76. The number of aryl methyl sites for hydroxylation is 1. The highest BCUT2D eigenvalue weighted by atomic mass is 79.9. The van der Waals surface area contributed by atoms with Crippen LogP contribution in [0.5, 0.6) is 0 Å². The van der Waals surface area contributed by atoms with Crippen LogP contribution in [-0.4, -0.2) is 10.7 Å². The lowest BCUT2D eigenvalue weighted by molar-refractivity contribution is 0.140. The molecule has 1 fully saturated rings. The highest BCUT2D eigenvalue weighted by molar-refractivity contribution is 9.10. The molecule has 0 bridgehead atoms. The Morgan fingerprint density at radius 1 is 1.43 bits per heavy atom. The molecule has 2 rings (SSSR count). The lowest BCUT2D eigenvalue weighted by Crippen LogP contribution is -2.07. The van der Waals surface area contributed by atoms with Gasteiger partial charge in [-0.15, -0.1) is 0 Å². The normalized spacial score (nSPS) is 18.2. The molecule has 1 aromatic carbocycles. The van der Waals surface area contributed by atoms with Crippen LogP contribution >= 0.6 is 15.9 Å². The van der Waals surface area contributed by atoms with Gasteiger partial charge in [-0.2, -0.15) is 0 Å². The van der Waals surface area contributed by atoms with Gasteiger partial charge in [0.05, 0.1) is 10.1 Å². The molecule has 1 N–H and O–H groups in total. The average molecular weight is 259 g/mol. The molecule has 14 heavy (non-hydrogen) atoms. The van der Waals surface area contributed by atoms with Crippen LogP contribution in [-0.2, 0) is 6.42 Å². The summed E-state index contributed by atoms with van der Waals surface area (Å²) in [6.45, 7) is 0. The van der Waals surface area contributed by atoms with Gasteiger partial charge in [-0.3, -0.25) is 0 Å². The smallest absolute Gasteiger partial charge is 0.137 e. The molecule has 1 saturated carbocycles. The first-order valence-corrected chi connectivity index (χ1v) is 5.55. The van der Waals surface area contributed by atoms with Crippen LogP contribution in [0.1, 0.15) is 24.8 Å². The van der Waals surface area contributed by atoms with Crippen LogP contribution in [0.15, 0.2) is 22.7 Å². The second-order valence-corrected chi connectivity index (χ2v) is 4.83. The van der Waals surface area contributed by atoms with Gasteiger partial charge in [-0.25, -0.2) is 4.39 Å². The second kappa shape index (κ2) is 3.63. The van der Waals surface area contributed by atoms with Gasteiger partial charge in [0.2, 0.25) is 0 Å². The number of halogens is 2. The van der Waals surface area contributed by atoms with E-state index >= 15 is 0 Å². The van der Waals surface area contributed by atoms with Gasteiger partial charge in [0.25, 0.3) is 0 Å². The van der Waals surface area contributed by atoms with Crippen molar-refractivity contribution >= 4 is 15.9 Å². The van der Waals surface area contributed by atoms with Crippen LogP contribution in [0.2, 0.25) is 0 Å². The molecule has 1 aliphatic carbocycles. The first-order valence-electron chi connectivity index (χ1n) is 4.75. The van der Waals surface area contributed by atoms with E-state index in [0.29, 0.717) is 4.47 Å². The molecule has 0 spiro atoms. The minimum absolute atomic E-state index is 0.237. The van der Waals surface area contributed by atoms with E-state index in [-0.39, 0.29) is 5.82 Å². The molecule has 0 aromatic heterocycles. The van der Waals surface area contributed by atoms with Crippen molar-refractivity contribution in [2.24, 2.45) is 0 Å². The molecule has 0 aliphatic heterocycles. The number of aliphatic hydroxyl groups is 1. The van der Waals surface area contributed by atoms with Crippen LogP contribution in [0.25, 0.3) is 0 Å². The van der Waals surface area contributed by atoms with E-state index in [0.717, 1.165) is 31.2 Å². The van der Waals surface area contributed by atoms with Crippen LogP contribution in [0.4, 0.5) is 4.39 Å². The maximum atomic E-state index is 12.9. The van der Waals surface area contributed by atoms with Crippen molar-refractivity contribution in [3.05, 3.63) is 34.1 Å². The summed E-state index contributed by atoms with van der Waals surface area (Å²) < 4.78 is 13.4. The molecule has 0 saturated heterocycles. The van der Waals surface area contributed by atoms with Crippen LogP contribution in [0, 0.1) is 5.82 Å². The molecule has 1 aliphatic rings. The summed E-state index contributed by atoms with van der Waals surface area (Å²) in [5.74, 6) is -0.237. The minimum Gasteiger partial charge on any atom is -0.390 e. The number of hydrogen-bond acceptors (Lipinski definition) is 1. The Bertz CT molecular complexity index is 347. The van der Waals surface area contributed by atoms with E-state index in [1.807, 2.05) is 0 Å². The van der Waals surface area contributed by atoms with E-state index in [1.54, 1.807) is 12.1 Å². The van der Waals surface area contributed by atoms with E-state index in [1.165, 1.54) is 6.07 Å². The first kappa shape index (κ1) is 10.1. The Hall–Kier alpha value is -0.410. The van der Waals surface area contributed by atoms with Crippen molar-refractivity contribution < 1.29 is 9.50 Å². The Kier molecular flexibility index (Phi) is 2.62. The topological polar surface area (TPSA) is 20.2 Å². The Morgan fingerprint density at radius 2 is 2.14 bits per heavy atom. The number of benzene rings is 1. The lowest BCUT2D eigenvalue weighted by atomic mass is 10.1. The van der Waals surface area contributed by atoms with Gasteiger partial charge in [0.15, 0.2) is 0 Å². The molecule has 0 atom stereocenters. The summed E-state index contributed by atoms with van der Waals surface area (Å²) in [5.41, 5.74) is 0.652. The van der Waals surface area contributed by atoms with Gasteiger partial charge in [-0.1, -0.05) is 6.07 Å². The van der Waals surface area contributed by atoms with E-state index in [2.05, 4.69) is 15.9 Å². The summed E-state index contributed by atoms with van der Waals surface area (Å²) in [6.07, 6.45) is 3.42. The Labute approximate surface area is 91.1 Å². The van der Waals surface area contributed by atoms with Crippen molar-refractivity contribution in [3.8, 4) is 0 Å². The zero-order valence-corrected chi connectivity index (χ0v) is 9.35. The van der Waals surface area contributed by atoms with Crippen molar-refractivity contribution in [3.63, 3.8) is 0 Å². The highest BCUT2D eigenvalue weighted by Crippen LogP contribution is 2.39. The summed E-state index contributed by atoms with van der Waals surface area (Å²) in [5, 5.41) is 9.63. The van der Waals surface area contributed by atoms with Gasteiger partial charge >= 0.3 is 0 Å². The van der Waals surface area contributed by atoms with Crippen molar-refractivity contribution in [2.75, 3.05) is 0 Å². The molecule has 1 aromatic rings. The van der Waals surface area contributed by atoms with Gasteiger partial charge < -0.3 is 5.11 Å². The highest BCUT2D eigenvalue weighted by Gasteiger charge is 2.39. The maximum absolute atomic E-state index is 12.9. The average Bonchev–Trinajstić information content (AvgIpc) is 2.87. The predicted molar refractivity (Wildman–Crippen MR) is 56.6 cm³/mol. The molecule has 0 radical (unpaired) electrons. The molecule has 0 heterocycles. The third-order valence-electron chi connectivity index (χ3n) is 2.69. The summed E-state index contributed by atoms with van der Waals surface area (Å²) in [6, 6.07) is 5.00. The van der Waals surface area contributed by atoms with Crippen molar-refractivity contribution in [1.82, 2.24) is 0 Å². The summed E-state index contributed by atoms with van der Waals surface area (Å²) >= 11 is 3.14. The quantitative estimate of drug-likeness (QED) is 0.884. The van der Waals surface area contributed by atoms with Gasteiger partial charge in [0, 0.05) is 0 Å². The van der Waals surface area contributed by atoms with Gasteiger partial charge in [-0.05, 0) is 59.3 Å². The molecule has 0 amide bonds. The molecule has 0 unspecified atom stereocenters. The standard InChI is InChI=1S/C11H12BrFO/c12-9-7-8(1-2-10(9)13)3-4-11(14)5-6-11/h1-2,7,14H,3-6H2. The van der Waals surface area contributed by atoms with Gasteiger partial charge in [0.1, 0.15) is 5.82 Å². The molecular formula is C11H12BrFO. The van der Waals surface area contributed by atoms with Crippen LogP contribution in [0.3, 0.4) is 0 Å². The molecule has 1 nitrogen and oxygen atoms in total. The maximum Gasteiger partial charge on any atom is 0.137 e. The fourth-order valence-corrected chi connectivity index (χ4v) is 1.89. The molecule has 3 heteroatoms. The monoisotopic (exact) mass is 258 g/mol. The largest absolute Gasteiger partial charge is 0.390 e. The fourth-order valence-electron chi connectivity index (χ4n) is 1.47. The summed E-state index contributed by atoms with van der Waals surface area (Å²) in [4.78, 5) is 0. The van der Waals surface area contributed by atoms with E-state index in [9.17, 15) is 9.50 Å².